The van der Waals surface area contributed by atoms with Crippen molar-refractivity contribution in [1.29, 1.82) is 0 Å². The Labute approximate surface area is 44.6 Å². The van der Waals surface area contributed by atoms with Crippen LogP contribution in [0.2, 0.25) is 0 Å². The van der Waals surface area contributed by atoms with Crippen LogP contribution in [0.5, 0.6) is 0 Å². The number of hydrogen-bond acceptors (Lipinski definition) is 2. The molecule has 0 aliphatic heterocycles. The van der Waals surface area contributed by atoms with Gasteiger partial charge in [-0.3, -0.25) is 4.99 Å². The van der Waals surface area contributed by atoms with E-state index in [9.17, 15) is 0 Å². The Morgan fingerprint density at radius 1 is 1.71 bits per heavy atom. The normalized spacial score (nSPS) is 10.6. The van der Waals surface area contributed by atoms with Gasteiger partial charge in [-0.2, -0.15) is 0 Å². The van der Waals surface area contributed by atoms with Gasteiger partial charge >= 0.3 is 0 Å². The van der Waals surface area contributed by atoms with Gasteiger partial charge in [-0.1, -0.05) is 0 Å². The van der Waals surface area contributed by atoms with Gasteiger partial charge < -0.3 is 5.32 Å². The lowest BCUT2D eigenvalue weighted by molar-refractivity contribution is 0.804. The summed E-state index contributed by atoms with van der Waals surface area (Å²) in [5, 5.41) is 2.99. The molecule has 0 aliphatic rings. The van der Waals surface area contributed by atoms with Gasteiger partial charge in [0, 0.05) is 6.54 Å². The van der Waals surface area contributed by atoms with Gasteiger partial charge in [0.25, 0.3) is 0 Å². The summed E-state index contributed by atoms with van der Waals surface area (Å²) in [6.07, 6.45) is 1.82. The van der Waals surface area contributed by atoms with Crippen LogP contribution in [0.3, 0.4) is 0 Å². The molecule has 0 bridgehead atoms. The fourth-order valence-electron chi connectivity index (χ4n) is 0.305. The van der Waals surface area contributed by atoms with Crippen LogP contribution in [-0.4, -0.2) is 26.4 Å². The Hall–Kier alpha value is -0.370. The summed E-state index contributed by atoms with van der Waals surface area (Å²) < 4.78 is 0. The van der Waals surface area contributed by atoms with Gasteiger partial charge in [0.05, 0.1) is 6.54 Å². The quantitative estimate of drug-likeness (QED) is 0.400. The van der Waals surface area contributed by atoms with Crippen molar-refractivity contribution in [2.75, 3.05) is 20.1 Å². The molecular formula is C5H12N2. The van der Waals surface area contributed by atoms with Crippen molar-refractivity contribution in [1.82, 2.24) is 5.32 Å². The Morgan fingerprint density at radius 2 is 2.43 bits per heavy atom. The molecule has 0 aromatic heterocycles. The SMILES string of the molecule is C/C=N\CCNC. The Balaban J connectivity index is 2.69. The Bertz CT molecular complexity index is 50.0. The Morgan fingerprint density at radius 3 is 2.86 bits per heavy atom. The number of rotatable bonds is 3. The minimum Gasteiger partial charge on any atom is -0.318 e. The predicted molar refractivity (Wildman–Crippen MR) is 33.0 cm³/mol. The van der Waals surface area contributed by atoms with E-state index in [0.717, 1.165) is 13.1 Å². The highest BCUT2D eigenvalue weighted by atomic mass is 14.8. The lowest BCUT2D eigenvalue weighted by Gasteiger charge is -1.88. The molecule has 2 nitrogen and oxygen atoms in total. The monoisotopic (exact) mass is 100 g/mol. The second kappa shape index (κ2) is 5.63. The van der Waals surface area contributed by atoms with E-state index in [1.165, 1.54) is 0 Å². The van der Waals surface area contributed by atoms with Crippen molar-refractivity contribution in [3.05, 3.63) is 0 Å². The van der Waals surface area contributed by atoms with E-state index < -0.39 is 0 Å². The second-order valence-electron chi connectivity index (χ2n) is 1.27. The highest BCUT2D eigenvalue weighted by molar-refractivity contribution is 5.53. The molecule has 0 saturated heterocycles. The number of likely N-dealkylation sites (N-methyl/N-ethyl adjacent to an activating group) is 1. The van der Waals surface area contributed by atoms with Crippen molar-refractivity contribution < 1.29 is 0 Å². The number of nitrogens with zero attached hydrogens (tertiary/aromatic N) is 1. The topological polar surface area (TPSA) is 24.4 Å². The van der Waals surface area contributed by atoms with Crippen LogP contribution in [0.1, 0.15) is 6.92 Å². The van der Waals surface area contributed by atoms with E-state index in [1.807, 2.05) is 20.2 Å². The molecule has 0 spiro atoms. The van der Waals surface area contributed by atoms with Crippen LogP contribution in [0.25, 0.3) is 0 Å². The largest absolute Gasteiger partial charge is 0.318 e. The molecule has 2 heteroatoms. The molecule has 0 amide bonds. The molecule has 0 aliphatic carbocycles. The summed E-state index contributed by atoms with van der Waals surface area (Å²) in [7, 11) is 1.92. The molecule has 1 N–H and O–H groups in total. The molecule has 0 aromatic rings. The molecule has 7 heavy (non-hydrogen) atoms. The first kappa shape index (κ1) is 6.63. The smallest absolute Gasteiger partial charge is 0.0510 e. The second-order valence-corrected chi connectivity index (χ2v) is 1.27. The third-order valence-electron chi connectivity index (χ3n) is 0.673. The zero-order valence-electron chi connectivity index (χ0n) is 4.94. The summed E-state index contributed by atoms with van der Waals surface area (Å²) in [6.45, 7) is 3.80. The van der Waals surface area contributed by atoms with E-state index in [4.69, 9.17) is 0 Å². The number of nitrogens with one attached hydrogen (secondary N) is 1. The van der Waals surface area contributed by atoms with Gasteiger partial charge in [0.2, 0.25) is 0 Å². The van der Waals surface area contributed by atoms with E-state index in [-0.39, 0.29) is 0 Å². The zero-order chi connectivity index (χ0) is 5.54. The highest BCUT2D eigenvalue weighted by Gasteiger charge is 1.70. The average molecular weight is 100 g/mol. The minimum atomic E-state index is 0.896. The molecule has 0 rings (SSSR count). The van der Waals surface area contributed by atoms with Crippen LogP contribution >= 0.6 is 0 Å². The maximum absolute atomic E-state index is 3.97. The lowest BCUT2D eigenvalue weighted by Crippen LogP contribution is -2.10. The van der Waals surface area contributed by atoms with E-state index in [1.54, 1.807) is 0 Å². The third-order valence-corrected chi connectivity index (χ3v) is 0.673. The van der Waals surface area contributed by atoms with Gasteiger partial charge in [-0.05, 0) is 20.2 Å². The molecule has 42 valence electrons. The van der Waals surface area contributed by atoms with Crippen LogP contribution in [-0.2, 0) is 0 Å². The van der Waals surface area contributed by atoms with Gasteiger partial charge in [-0.25, -0.2) is 0 Å². The highest BCUT2D eigenvalue weighted by Crippen LogP contribution is 1.61. The van der Waals surface area contributed by atoms with Gasteiger partial charge in [-0.15, -0.1) is 0 Å². The first-order chi connectivity index (χ1) is 3.41. The van der Waals surface area contributed by atoms with Crippen LogP contribution < -0.4 is 5.32 Å². The average Bonchev–Trinajstić information content (AvgIpc) is 1.69. The molecular weight excluding hydrogens is 88.1 g/mol. The predicted octanol–water partition coefficient (Wildman–Crippen LogP) is 0.297. The number of aliphatic imine (C=N–C) groups is 1. The molecule has 0 saturated carbocycles. The summed E-state index contributed by atoms with van der Waals surface area (Å²) in [6, 6.07) is 0. The molecule has 0 atom stereocenters. The van der Waals surface area contributed by atoms with Crippen molar-refractivity contribution >= 4 is 6.21 Å². The Kier molecular flexibility index (Phi) is 5.33. The number of hydrogen-bond donors (Lipinski definition) is 1. The maximum atomic E-state index is 3.97. The summed E-state index contributed by atoms with van der Waals surface area (Å²) in [5.74, 6) is 0. The molecule has 0 fully saturated rings. The van der Waals surface area contributed by atoms with Crippen LogP contribution in [0.15, 0.2) is 4.99 Å². The summed E-state index contributed by atoms with van der Waals surface area (Å²) in [4.78, 5) is 3.97. The van der Waals surface area contributed by atoms with Crippen molar-refractivity contribution in [3.8, 4) is 0 Å². The molecule has 0 unspecified atom stereocenters. The fourth-order valence-corrected chi connectivity index (χ4v) is 0.305. The fraction of sp³-hybridized carbons (Fsp3) is 0.800. The van der Waals surface area contributed by atoms with E-state index in [0.29, 0.717) is 0 Å². The lowest BCUT2D eigenvalue weighted by atomic mass is 10.6. The standard InChI is InChI=1S/C5H12N2/c1-3-7-5-4-6-2/h3,6H,4-5H2,1-2H3/b7-3-. The van der Waals surface area contributed by atoms with Crippen LogP contribution in [0, 0.1) is 0 Å². The molecule has 0 aromatic carbocycles. The third kappa shape index (κ3) is 5.63. The maximum Gasteiger partial charge on any atom is 0.0510 e. The van der Waals surface area contributed by atoms with Crippen molar-refractivity contribution in [3.63, 3.8) is 0 Å². The first-order valence-corrected chi connectivity index (χ1v) is 2.51. The first-order valence-electron chi connectivity index (χ1n) is 2.51. The van der Waals surface area contributed by atoms with Gasteiger partial charge in [0.1, 0.15) is 0 Å². The van der Waals surface area contributed by atoms with E-state index >= 15 is 0 Å². The van der Waals surface area contributed by atoms with Gasteiger partial charge in [0.15, 0.2) is 0 Å². The van der Waals surface area contributed by atoms with Crippen LogP contribution in [0.4, 0.5) is 0 Å². The van der Waals surface area contributed by atoms with Crippen molar-refractivity contribution in [2.45, 2.75) is 6.92 Å². The summed E-state index contributed by atoms with van der Waals surface area (Å²) in [5.41, 5.74) is 0. The zero-order valence-corrected chi connectivity index (χ0v) is 4.94. The molecule has 0 heterocycles. The van der Waals surface area contributed by atoms with E-state index in [2.05, 4.69) is 10.3 Å². The summed E-state index contributed by atoms with van der Waals surface area (Å²) >= 11 is 0. The van der Waals surface area contributed by atoms with Crippen molar-refractivity contribution in [2.24, 2.45) is 4.99 Å². The minimum absolute atomic E-state index is 0.896. The molecule has 0 radical (unpaired) electrons.